The molecule has 1 rings (SSSR count). The second-order valence-corrected chi connectivity index (χ2v) is 4.30. The maximum atomic E-state index is 11.8. The lowest BCUT2D eigenvalue weighted by Crippen LogP contribution is -2.52. The molecule has 1 saturated heterocycles. The molecule has 0 bridgehead atoms. The topological polar surface area (TPSA) is 23.6 Å². The zero-order valence-electron chi connectivity index (χ0n) is 9.62. The minimum Gasteiger partial charge on any atom is -0.337 e. The average molecular weight is 198 g/mol. The summed E-state index contributed by atoms with van der Waals surface area (Å²) in [4.78, 5) is 16.1. The number of likely N-dealkylation sites (N-methyl/N-ethyl adjacent to an activating group) is 1. The quantitative estimate of drug-likeness (QED) is 0.683. The Labute approximate surface area is 87.1 Å². The molecule has 1 fully saturated rings. The van der Waals surface area contributed by atoms with Crippen molar-refractivity contribution in [2.75, 3.05) is 26.7 Å². The van der Waals surface area contributed by atoms with Crippen LogP contribution in [0.3, 0.4) is 0 Å². The molecular weight excluding hydrogens is 176 g/mol. The average Bonchev–Trinajstić information content (AvgIpc) is 2.14. The Hall–Kier alpha value is -0.570. The van der Waals surface area contributed by atoms with Crippen LogP contribution in [0.1, 0.15) is 33.1 Å². The fraction of sp³-hybridized carbons (Fsp3) is 0.909. The SMILES string of the molecule is CCCCC(=O)N1CCN(C)CC1C. The van der Waals surface area contributed by atoms with E-state index in [0.29, 0.717) is 11.9 Å². The lowest BCUT2D eigenvalue weighted by atomic mass is 10.1. The van der Waals surface area contributed by atoms with Gasteiger partial charge in [0.1, 0.15) is 0 Å². The summed E-state index contributed by atoms with van der Waals surface area (Å²) in [6.45, 7) is 7.19. The lowest BCUT2D eigenvalue weighted by Gasteiger charge is -2.38. The molecule has 0 spiro atoms. The molecule has 0 aromatic heterocycles. The molecule has 1 aliphatic heterocycles. The van der Waals surface area contributed by atoms with Crippen LogP contribution in [0.5, 0.6) is 0 Å². The number of carbonyl (C=O) groups excluding carboxylic acids is 1. The number of amides is 1. The van der Waals surface area contributed by atoms with Crippen molar-refractivity contribution in [3.63, 3.8) is 0 Å². The summed E-state index contributed by atoms with van der Waals surface area (Å²) in [7, 11) is 2.12. The van der Waals surface area contributed by atoms with Gasteiger partial charge in [-0.3, -0.25) is 4.79 Å². The predicted octanol–water partition coefficient (Wildman–Crippen LogP) is 1.34. The standard InChI is InChI=1S/C11H22N2O/c1-4-5-6-11(14)13-8-7-12(3)9-10(13)2/h10H,4-9H2,1-3H3. The first-order valence-electron chi connectivity index (χ1n) is 5.63. The first-order chi connectivity index (χ1) is 6.65. The Bertz CT molecular complexity index is 194. The largest absolute Gasteiger partial charge is 0.337 e. The van der Waals surface area contributed by atoms with Crippen molar-refractivity contribution in [2.24, 2.45) is 0 Å². The molecule has 82 valence electrons. The van der Waals surface area contributed by atoms with E-state index < -0.39 is 0 Å². The molecule has 0 radical (unpaired) electrons. The zero-order chi connectivity index (χ0) is 10.6. The fourth-order valence-electron chi connectivity index (χ4n) is 1.98. The highest BCUT2D eigenvalue weighted by molar-refractivity contribution is 5.76. The van der Waals surface area contributed by atoms with Crippen LogP contribution in [0.15, 0.2) is 0 Å². The molecule has 1 unspecified atom stereocenters. The molecule has 1 atom stereocenters. The number of piperazine rings is 1. The van der Waals surface area contributed by atoms with Crippen molar-refractivity contribution >= 4 is 5.91 Å². The van der Waals surface area contributed by atoms with Crippen LogP contribution < -0.4 is 0 Å². The second-order valence-electron chi connectivity index (χ2n) is 4.30. The van der Waals surface area contributed by atoms with Gasteiger partial charge in [0.25, 0.3) is 0 Å². The van der Waals surface area contributed by atoms with Crippen LogP contribution in [-0.4, -0.2) is 48.4 Å². The summed E-state index contributed by atoms with van der Waals surface area (Å²) >= 11 is 0. The Morgan fingerprint density at radius 1 is 1.43 bits per heavy atom. The Morgan fingerprint density at radius 3 is 2.71 bits per heavy atom. The second kappa shape index (κ2) is 5.35. The van der Waals surface area contributed by atoms with E-state index in [1.807, 2.05) is 4.90 Å². The number of carbonyl (C=O) groups is 1. The minimum absolute atomic E-state index is 0.340. The van der Waals surface area contributed by atoms with E-state index in [1.54, 1.807) is 0 Å². The third-order valence-corrected chi connectivity index (χ3v) is 2.90. The molecule has 14 heavy (non-hydrogen) atoms. The van der Waals surface area contributed by atoms with E-state index in [-0.39, 0.29) is 0 Å². The van der Waals surface area contributed by atoms with Crippen LogP contribution in [0.2, 0.25) is 0 Å². The highest BCUT2D eigenvalue weighted by Crippen LogP contribution is 2.10. The van der Waals surface area contributed by atoms with Gasteiger partial charge in [-0.05, 0) is 20.4 Å². The smallest absolute Gasteiger partial charge is 0.222 e. The monoisotopic (exact) mass is 198 g/mol. The Kier molecular flexibility index (Phi) is 4.39. The lowest BCUT2D eigenvalue weighted by molar-refractivity contribution is -0.135. The van der Waals surface area contributed by atoms with E-state index in [2.05, 4.69) is 25.8 Å². The molecule has 0 aromatic carbocycles. The molecule has 1 amide bonds. The maximum Gasteiger partial charge on any atom is 0.222 e. The number of rotatable bonds is 3. The van der Waals surface area contributed by atoms with E-state index in [0.717, 1.165) is 38.9 Å². The van der Waals surface area contributed by atoms with Crippen molar-refractivity contribution in [1.82, 2.24) is 9.80 Å². The molecule has 0 aliphatic carbocycles. The summed E-state index contributed by atoms with van der Waals surface area (Å²) in [6.07, 6.45) is 2.86. The first kappa shape index (κ1) is 11.5. The van der Waals surface area contributed by atoms with E-state index >= 15 is 0 Å². The highest BCUT2D eigenvalue weighted by atomic mass is 16.2. The minimum atomic E-state index is 0.340. The number of unbranched alkanes of at least 4 members (excludes halogenated alkanes) is 1. The Balaban J connectivity index is 2.39. The normalized spacial score (nSPS) is 23.9. The molecule has 3 heteroatoms. The van der Waals surface area contributed by atoms with Crippen molar-refractivity contribution in [1.29, 1.82) is 0 Å². The molecule has 1 aliphatic rings. The highest BCUT2D eigenvalue weighted by Gasteiger charge is 2.24. The van der Waals surface area contributed by atoms with Gasteiger partial charge in [-0.25, -0.2) is 0 Å². The van der Waals surface area contributed by atoms with Crippen molar-refractivity contribution in [3.8, 4) is 0 Å². The van der Waals surface area contributed by atoms with Crippen molar-refractivity contribution < 1.29 is 4.79 Å². The van der Waals surface area contributed by atoms with Crippen LogP contribution in [0, 0.1) is 0 Å². The van der Waals surface area contributed by atoms with Gasteiger partial charge in [0, 0.05) is 32.1 Å². The fourth-order valence-corrected chi connectivity index (χ4v) is 1.98. The predicted molar refractivity (Wildman–Crippen MR) is 58.2 cm³/mol. The third kappa shape index (κ3) is 2.98. The summed E-state index contributed by atoms with van der Waals surface area (Å²) in [5.74, 6) is 0.340. The van der Waals surface area contributed by atoms with Gasteiger partial charge in [-0.15, -0.1) is 0 Å². The maximum absolute atomic E-state index is 11.8. The number of nitrogens with zero attached hydrogens (tertiary/aromatic N) is 2. The summed E-state index contributed by atoms with van der Waals surface area (Å²) < 4.78 is 0. The summed E-state index contributed by atoms with van der Waals surface area (Å²) in [5.41, 5.74) is 0. The molecular formula is C11H22N2O. The third-order valence-electron chi connectivity index (χ3n) is 2.90. The van der Waals surface area contributed by atoms with Crippen LogP contribution in [-0.2, 0) is 4.79 Å². The van der Waals surface area contributed by atoms with Crippen LogP contribution in [0.25, 0.3) is 0 Å². The van der Waals surface area contributed by atoms with E-state index in [1.165, 1.54) is 0 Å². The summed E-state index contributed by atoms with van der Waals surface area (Å²) in [5, 5.41) is 0. The zero-order valence-corrected chi connectivity index (χ0v) is 9.62. The summed E-state index contributed by atoms with van der Waals surface area (Å²) in [6, 6.07) is 0.387. The first-order valence-corrected chi connectivity index (χ1v) is 5.63. The van der Waals surface area contributed by atoms with Gasteiger partial charge in [0.05, 0.1) is 0 Å². The molecule has 1 heterocycles. The molecule has 0 N–H and O–H groups in total. The van der Waals surface area contributed by atoms with Gasteiger partial charge in [0.2, 0.25) is 5.91 Å². The van der Waals surface area contributed by atoms with Crippen molar-refractivity contribution in [2.45, 2.75) is 39.2 Å². The van der Waals surface area contributed by atoms with Crippen LogP contribution in [0.4, 0.5) is 0 Å². The molecule has 3 nitrogen and oxygen atoms in total. The van der Waals surface area contributed by atoms with Gasteiger partial charge < -0.3 is 9.80 Å². The van der Waals surface area contributed by atoms with E-state index in [9.17, 15) is 4.79 Å². The van der Waals surface area contributed by atoms with E-state index in [4.69, 9.17) is 0 Å². The number of hydrogen-bond donors (Lipinski definition) is 0. The van der Waals surface area contributed by atoms with Gasteiger partial charge >= 0.3 is 0 Å². The van der Waals surface area contributed by atoms with Gasteiger partial charge in [-0.1, -0.05) is 13.3 Å². The molecule has 0 saturated carbocycles. The van der Waals surface area contributed by atoms with Gasteiger partial charge in [-0.2, -0.15) is 0 Å². The van der Waals surface area contributed by atoms with Crippen molar-refractivity contribution in [3.05, 3.63) is 0 Å². The van der Waals surface area contributed by atoms with Crippen LogP contribution >= 0.6 is 0 Å². The number of hydrogen-bond acceptors (Lipinski definition) is 2. The van der Waals surface area contributed by atoms with Gasteiger partial charge in [0.15, 0.2) is 0 Å². The Morgan fingerprint density at radius 2 is 2.14 bits per heavy atom. The molecule has 0 aromatic rings.